The van der Waals surface area contributed by atoms with E-state index >= 15 is 0 Å². The van der Waals surface area contributed by atoms with Gasteiger partial charge >= 0.3 is 5.97 Å². The SMILES string of the molecule is [B][B]c1cc(C)cc2c1C(=O)C(C(=O)O)=CC2[B]. The summed E-state index contributed by atoms with van der Waals surface area (Å²) in [5.74, 6) is -2.43. The first-order chi connectivity index (χ1) is 8.45. The molecule has 1 aromatic rings. The zero-order valence-corrected chi connectivity index (χ0v) is 9.81. The number of carboxylic acid groups (broad SMARTS) is 1. The van der Waals surface area contributed by atoms with Crippen molar-refractivity contribution in [1.29, 1.82) is 0 Å². The first-order valence-corrected chi connectivity index (χ1v) is 5.40. The van der Waals surface area contributed by atoms with Crippen molar-refractivity contribution in [3.05, 3.63) is 40.5 Å². The minimum absolute atomic E-state index is 0.288. The average Bonchev–Trinajstić information content (AvgIpc) is 2.32. The number of carboxylic acids is 1. The van der Waals surface area contributed by atoms with Gasteiger partial charge in [0, 0.05) is 13.3 Å². The number of ketones is 1. The van der Waals surface area contributed by atoms with Gasteiger partial charge in [0.15, 0.2) is 5.78 Å². The van der Waals surface area contributed by atoms with E-state index < -0.39 is 17.6 Å². The molecule has 5 radical (unpaired) electrons. The summed E-state index contributed by atoms with van der Waals surface area (Å²) in [4.78, 5) is 23.1. The van der Waals surface area contributed by atoms with E-state index in [1.54, 1.807) is 12.1 Å². The zero-order valence-electron chi connectivity index (χ0n) is 9.81. The Kier molecular flexibility index (Phi) is 3.20. The fourth-order valence-corrected chi connectivity index (χ4v) is 2.15. The van der Waals surface area contributed by atoms with E-state index in [4.69, 9.17) is 20.7 Å². The number of hydrogen-bond acceptors (Lipinski definition) is 2. The molecule has 6 heteroatoms. The maximum atomic E-state index is 12.1. The highest BCUT2D eigenvalue weighted by Gasteiger charge is 2.29. The van der Waals surface area contributed by atoms with Gasteiger partial charge in [-0.15, -0.1) is 0 Å². The van der Waals surface area contributed by atoms with Crippen LogP contribution < -0.4 is 5.46 Å². The molecule has 0 heterocycles. The Bertz CT molecular complexity index is 578. The first kappa shape index (κ1) is 12.7. The Morgan fingerprint density at radius 1 is 1.44 bits per heavy atom. The minimum Gasteiger partial charge on any atom is -0.478 e. The molecule has 83 valence electrons. The van der Waals surface area contributed by atoms with Crippen molar-refractivity contribution in [3.63, 3.8) is 0 Å². The third-order valence-electron chi connectivity index (χ3n) is 2.93. The molecule has 18 heavy (non-hydrogen) atoms. The fraction of sp³-hybridized carbons (Fsp3) is 0.167. The molecule has 0 bridgehead atoms. The monoisotopic (exact) mass is 233 g/mol. The van der Waals surface area contributed by atoms with Crippen molar-refractivity contribution in [3.8, 4) is 0 Å². The lowest BCUT2D eigenvalue weighted by atomic mass is 9.48. The number of Topliss-reactive ketones (excluding diaryl/α,β-unsaturated/α-hetero) is 1. The van der Waals surface area contributed by atoms with Gasteiger partial charge in [-0.05, 0) is 18.3 Å². The van der Waals surface area contributed by atoms with Crippen molar-refractivity contribution in [2.45, 2.75) is 12.7 Å². The summed E-state index contributed by atoms with van der Waals surface area (Å²) >= 11 is 0. The predicted molar refractivity (Wildman–Crippen MR) is 70.9 cm³/mol. The normalized spacial score (nSPS) is 17.9. The van der Waals surface area contributed by atoms with Gasteiger partial charge in [-0.2, -0.15) is 0 Å². The van der Waals surface area contributed by atoms with Crippen molar-refractivity contribution in [2.24, 2.45) is 0 Å². The van der Waals surface area contributed by atoms with Crippen LogP contribution in [0.15, 0.2) is 23.8 Å². The second kappa shape index (κ2) is 4.52. The summed E-state index contributed by atoms with van der Waals surface area (Å²) in [6.07, 6.45) is 1.27. The average molecular weight is 233 g/mol. The van der Waals surface area contributed by atoms with Crippen LogP contribution in [-0.2, 0) is 4.79 Å². The first-order valence-electron chi connectivity index (χ1n) is 5.40. The summed E-state index contributed by atoms with van der Waals surface area (Å²) in [6, 6.07) is 3.51. The number of carbonyl (C=O) groups is 2. The number of fused-ring (bicyclic) bond motifs is 1. The highest BCUT2D eigenvalue weighted by molar-refractivity contribution is 6.98. The maximum absolute atomic E-state index is 12.1. The van der Waals surface area contributed by atoms with Crippen LogP contribution in [0.5, 0.6) is 0 Å². The number of aliphatic carboxylic acids is 1. The molecule has 1 unspecified atom stereocenters. The highest BCUT2D eigenvalue weighted by atomic mass is 16.4. The Morgan fingerprint density at radius 2 is 2.11 bits per heavy atom. The molecule has 0 spiro atoms. The zero-order chi connectivity index (χ0) is 13.4. The lowest BCUT2D eigenvalue weighted by Gasteiger charge is -2.23. The van der Waals surface area contributed by atoms with Crippen LogP contribution in [-0.4, -0.2) is 39.6 Å². The van der Waals surface area contributed by atoms with E-state index in [9.17, 15) is 9.59 Å². The van der Waals surface area contributed by atoms with Gasteiger partial charge in [0.05, 0.1) is 15.0 Å². The predicted octanol–water partition coefficient (Wildman–Crippen LogP) is -0.175. The van der Waals surface area contributed by atoms with Gasteiger partial charge < -0.3 is 5.11 Å². The van der Waals surface area contributed by atoms with Crippen LogP contribution in [0.4, 0.5) is 0 Å². The molecule has 2 rings (SSSR count). The third-order valence-corrected chi connectivity index (χ3v) is 2.93. The van der Waals surface area contributed by atoms with Crippen LogP contribution in [0.2, 0.25) is 0 Å². The lowest BCUT2D eigenvalue weighted by molar-refractivity contribution is -0.132. The largest absolute Gasteiger partial charge is 0.478 e. The van der Waals surface area contributed by atoms with E-state index in [0.29, 0.717) is 11.0 Å². The molecule has 0 aromatic heterocycles. The van der Waals surface area contributed by atoms with Crippen molar-refractivity contribution in [2.75, 3.05) is 0 Å². The number of hydrogen-bond donors (Lipinski definition) is 1. The van der Waals surface area contributed by atoms with Gasteiger partial charge in [0.2, 0.25) is 0 Å². The molecule has 3 nitrogen and oxygen atoms in total. The molecule has 1 atom stereocenters. The van der Waals surface area contributed by atoms with E-state index in [1.165, 1.54) is 13.2 Å². The van der Waals surface area contributed by atoms with Crippen LogP contribution in [0.25, 0.3) is 0 Å². The second-order valence-electron chi connectivity index (χ2n) is 4.23. The summed E-state index contributed by atoms with van der Waals surface area (Å²) in [6.45, 7) is 1.86. The number of benzene rings is 1. The lowest BCUT2D eigenvalue weighted by Crippen LogP contribution is -2.31. The topological polar surface area (TPSA) is 54.4 Å². The molecule has 0 amide bonds. The molecule has 0 saturated carbocycles. The van der Waals surface area contributed by atoms with Crippen LogP contribution in [0, 0.1) is 6.92 Å². The molecule has 0 aliphatic heterocycles. The number of rotatable bonds is 2. The van der Waals surface area contributed by atoms with E-state index in [1.807, 2.05) is 6.92 Å². The van der Waals surface area contributed by atoms with Gasteiger partial charge in [-0.25, -0.2) is 4.79 Å². The Morgan fingerprint density at radius 3 is 2.67 bits per heavy atom. The molecular formula is C12H8B3O3. The van der Waals surface area contributed by atoms with Gasteiger partial charge in [0.25, 0.3) is 0 Å². The summed E-state index contributed by atoms with van der Waals surface area (Å²) in [7, 11) is 12.7. The molecule has 0 saturated heterocycles. The van der Waals surface area contributed by atoms with Crippen LogP contribution >= 0.6 is 0 Å². The molecule has 1 aromatic carbocycles. The van der Waals surface area contributed by atoms with Gasteiger partial charge in [-0.1, -0.05) is 29.2 Å². The van der Waals surface area contributed by atoms with Crippen molar-refractivity contribution < 1.29 is 14.7 Å². The Hall–Kier alpha value is -1.71. The molecule has 1 aliphatic rings. The van der Waals surface area contributed by atoms with Gasteiger partial charge in [-0.3, -0.25) is 4.79 Å². The molecule has 1 aliphatic carbocycles. The van der Waals surface area contributed by atoms with E-state index in [0.717, 1.165) is 5.56 Å². The molecule has 1 N–H and O–H groups in total. The standard InChI is InChI=1S/C12H8B3O3/c1-5-2-6-8(13)4-7(12(17)18)11(16)10(6)9(3-5)15-14/h2-4,8H,1H3,(H,17,18). The second-order valence-corrected chi connectivity index (χ2v) is 4.23. The smallest absolute Gasteiger partial charge is 0.339 e. The summed E-state index contributed by atoms with van der Waals surface area (Å²) < 4.78 is 0. The quantitative estimate of drug-likeness (QED) is 0.569. The van der Waals surface area contributed by atoms with Crippen molar-refractivity contribution >= 4 is 40.0 Å². The van der Waals surface area contributed by atoms with Crippen molar-refractivity contribution in [1.82, 2.24) is 0 Å². The minimum atomic E-state index is -1.27. The fourth-order valence-electron chi connectivity index (χ4n) is 2.15. The number of carbonyl (C=O) groups excluding carboxylic acids is 1. The van der Waals surface area contributed by atoms with Gasteiger partial charge in [0.1, 0.15) is 5.57 Å². The van der Waals surface area contributed by atoms with Crippen LogP contribution in [0.1, 0.15) is 27.3 Å². The van der Waals surface area contributed by atoms with E-state index in [-0.39, 0.29) is 11.1 Å². The molecule has 0 fully saturated rings. The Balaban J connectivity index is 2.69. The molecular weight excluding hydrogens is 225 g/mol. The van der Waals surface area contributed by atoms with Crippen LogP contribution in [0.3, 0.4) is 0 Å². The maximum Gasteiger partial charge on any atom is 0.339 e. The Labute approximate surface area is 108 Å². The highest BCUT2D eigenvalue weighted by Crippen LogP contribution is 2.28. The number of aryl methyl sites for hydroxylation is 1. The summed E-state index contributed by atoms with van der Waals surface area (Å²) in [5, 5.41) is 8.98. The summed E-state index contributed by atoms with van der Waals surface area (Å²) in [5.41, 5.74) is 2.03. The third kappa shape index (κ3) is 1.92. The number of allylic oxidation sites excluding steroid dienone is 1. The van der Waals surface area contributed by atoms with E-state index in [2.05, 4.69) is 0 Å².